The third-order valence-corrected chi connectivity index (χ3v) is 4.29. The molecule has 0 radical (unpaired) electrons. The third kappa shape index (κ3) is 2.92. The maximum Gasteiger partial charge on any atom is 0.248 e. The first-order valence-corrected chi connectivity index (χ1v) is 7.27. The second-order valence-electron chi connectivity index (χ2n) is 4.29. The standard InChI is InChI=1S/C12H14F2S2/c13-12(14)7-5-10(6-8-12)9-1-3-11(16-15)4-2-9/h1-4,10,15H,5-8H2. The van der Waals surface area contributed by atoms with Crippen molar-refractivity contribution < 1.29 is 8.78 Å². The van der Waals surface area contributed by atoms with Gasteiger partial charge >= 0.3 is 0 Å². The fraction of sp³-hybridized carbons (Fsp3) is 0.500. The lowest BCUT2D eigenvalue weighted by molar-refractivity contribution is -0.0382. The molecule has 0 atom stereocenters. The van der Waals surface area contributed by atoms with E-state index in [4.69, 9.17) is 0 Å². The molecule has 1 aromatic carbocycles. The van der Waals surface area contributed by atoms with Gasteiger partial charge in [0.1, 0.15) is 0 Å². The second-order valence-corrected chi connectivity index (χ2v) is 5.49. The molecule has 4 heteroatoms. The first kappa shape index (κ1) is 12.2. The maximum atomic E-state index is 13.0. The van der Waals surface area contributed by atoms with Gasteiger partial charge in [-0.15, -0.1) is 11.7 Å². The molecule has 1 aliphatic carbocycles. The Hall–Kier alpha value is -0.220. The van der Waals surface area contributed by atoms with Gasteiger partial charge in [-0.25, -0.2) is 8.78 Å². The highest BCUT2D eigenvalue weighted by Gasteiger charge is 2.35. The quantitative estimate of drug-likeness (QED) is 0.582. The predicted molar refractivity (Wildman–Crippen MR) is 67.4 cm³/mol. The van der Waals surface area contributed by atoms with Crippen molar-refractivity contribution >= 4 is 22.5 Å². The Morgan fingerprint density at radius 2 is 1.69 bits per heavy atom. The van der Waals surface area contributed by atoms with Crippen LogP contribution in [0.3, 0.4) is 0 Å². The summed E-state index contributed by atoms with van der Waals surface area (Å²) in [6.07, 6.45) is 1.25. The minimum absolute atomic E-state index is 0.0285. The molecular formula is C12H14F2S2. The van der Waals surface area contributed by atoms with Crippen molar-refractivity contribution in [2.24, 2.45) is 0 Å². The molecule has 0 amide bonds. The summed E-state index contributed by atoms with van der Waals surface area (Å²) in [7, 11) is 1.40. The van der Waals surface area contributed by atoms with Crippen molar-refractivity contribution in [1.82, 2.24) is 0 Å². The van der Waals surface area contributed by atoms with E-state index in [9.17, 15) is 8.78 Å². The van der Waals surface area contributed by atoms with E-state index in [1.54, 1.807) is 0 Å². The topological polar surface area (TPSA) is 0 Å². The van der Waals surface area contributed by atoms with Gasteiger partial charge in [-0.05, 0) is 36.5 Å². The van der Waals surface area contributed by atoms with Gasteiger partial charge in [-0.1, -0.05) is 22.9 Å². The summed E-state index contributed by atoms with van der Waals surface area (Å²) in [5.74, 6) is -2.13. The van der Waals surface area contributed by atoms with Crippen LogP contribution in [0.1, 0.15) is 37.2 Å². The van der Waals surface area contributed by atoms with Crippen molar-refractivity contribution in [3.05, 3.63) is 29.8 Å². The zero-order chi connectivity index (χ0) is 11.6. The summed E-state index contributed by atoms with van der Waals surface area (Å²) in [6, 6.07) is 8.07. The van der Waals surface area contributed by atoms with Crippen molar-refractivity contribution in [2.75, 3.05) is 0 Å². The molecular weight excluding hydrogens is 246 g/mol. The Morgan fingerprint density at radius 1 is 1.12 bits per heavy atom. The molecule has 16 heavy (non-hydrogen) atoms. The normalized spacial score (nSPS) is 20.9. The minimum atomic E-state index is -2.43. The molecule has 0 aromatic heterocycles. The van der Waals surface area contributed by atoms with Gasteiger partial charge in [-0.2, -0.15) is 0 Å². The van der Waals surface area contributed by atoms with E-state index in [2.05, 4.69) is 11.7 Å². The molecule has 0 unspecified atom stereocenters. The van der Waals surface area contributed by atoms with Crippen LogP contribution in [0, 0.1) is 0 Å². The van der Waals surface area contributed by atoms with Crippen LogP contribution >= 0.6 is 22.5 Å². The highest BCUT2D eigenvalue weighted by atomic mass is 33.1. The number of alkyl halides is 2. The molecule has 0 aliphatic heterocycles. The molecule has 0 heterocycles. The third-order valence-electron chi connectivity index (χ3n) is 3.17. The number of hydrogen-bond donors (Lipinski definition) is 1. The van der Waals surface area contributed by atoms with E-state index < -0.39 is 5.92 Å². The van der Waals surface area contributed by atoms with Gasteiger partial charge in [0.15, 0.2) is 0 Å². The average Bonchev–Trinajstić information content (AvgIpc) is 2.29. The summed E-state index contributed by atoms with van der Waals surface area (Å²) >= 11 is 4.11. The molecule has 0 bridgehead atoms. The zero-order valence-electron chi connectivity index (χ0n) is 8.83. The molecule has 0 saturated heterocycles. The lowest BCUT2D eigenvalue weighted by Gasteiger charge is -2.28. The molecule has 1 fully saturated rings. The second kappa shape index (κ2) is 4.96. The Morgan fingerprint density at radius 3 is 2.19 bits per heavy atom. The van der Waals surface area contributed by atoms with E-state index >= 15 is 0 Å². The van der Waals surface area contributed by atoms with Gasteiger partial charge in [0, 0.05) is 17.7 Å². The number of rotatable bonds is 2. The SMILES string of the molecule is FC1(F)CCC(c2ccc(SS)cc2)CC1. The van der Waals surface area contributed by atoms with Gasteiger partial charge in [-0.3, -0.25) is 0 Å². The molecule has 0 spiro atoms. The number of benzene rings is 1. The average molecular weight is 260 g/mol. The fourth-order valence-corrected chi connectivity index (χ4v) is 2.80. The lowest BCUT2D eigenvalue weighted by Crippen LogP contribution is -2.23. The summed E-state index contributed by atoms with van der Waals surface area (Å²) in [6.45, 7) is 0. The molecule has 0 nitrogen and oxygen atoms in total. The summed E-state index contributed by atoms with van der Waals surface area (Å²) in [4.78, 5) is 1.09. The van der Waals surface area contributed by atoms with E-state index in [0.717, 1.165) is 4.90 Å². The smallest absolute Gasteiger partial charge is 0.207 e. The Balaban J connectivity index is 2.03. The van der Waals surface area contributed by atoms with Crippen molar-refractivity contribution in [1.29, 1.82) is 0 Å². The molecule has 0 N–H and O–H groups in total. The van der Waals surface area contributed by atoms with Crippen molar-refractivity contribution in [3.8, 4) is 0 Å². The van der Waals surface area contributed by atoms with Gasteiger partial charge in [0.25, 0.3) is 0 Å². The van der Waals surface area contributed by atoms with Crippen LogP contribution in [0.25, 0.3) is 0 Å². The molecule has 1 aliphatic rings. The van der Waals surface area contributed by atoms with Crippen LogP contribution in [0.4, 0.5) is 8.78 Å². The minimum Gasteiger partial charge on any atom is -0.207 e. The number of halogens is 2. The van der Waals surface area contributed by atoms with Gasteiger partial charge in [0.2, 0.25) is 5.92 Å². The predicted octanol–water partition coefficient (Wildman–Crippen LogP) is 4.92. The highest BCUT2D eigenvalue weighted by Crippen LogP contribution is 2.41. The molecule has 2 rings (SSSR count). The Labute approximate surface area is 104 Å². The lowest BCUT2D eigenvalue weighted by atomic mass is 9.82. The largest absolute Gasteiger partial charge is 0.248 e. The summed E-state index contributed by atoms with van der Waals surface area (Å²) in [5.41, 5.74) is 1.18. The van der Waals surface area contributed by atoms with Crippen LogP contribution in [0.15, 0.2) is 29.2 Å². The summed E-state index contributed by atoms with van der Waals surface area (Å²) < 4.78 is 26.0. The Bertz CT molecular complexity index is 339. The van der Waals surface area contributed by atoms with Crippen LogP contribution in [0.2, 0.25) is 0 Å². The van der Waals surface area contributed by atoms with E-state index in [0.29, 0.717) is 18.8 Å². The van der Waals surface area contributed by atoms with Crippen molar-refractivity contribution in [2.45, 2.75) is 42.4 Å². The highest BCUT2D eigenvalue weighted by molar-refractivity contribution is 8.68. The van der Waals surface area contributed by atoms with Crippen molar-refractivity contribution in [3.63, 3.8) is 0 Å². The summed E-state index contributed by atoms with van der Waals surface area (Å²) in [5, 5.41) is 0. The van der Waals surface area contributed by atoms with Crippen LogP contribution in [0.5, 0.6) is 0 Å². The molecule has 88 valence electrons. The van der Waals surface area contributed by atoms with E-state index in [1.807, 2.05) is 24.3 Å². The van der Waals surface area contributed by atoms with Gasteiger partial charge < -0.3 is 0 Å². The number of thiol groups is 1. The zero-order valence-corrected chi connectivity index (χ0v) is 10.5. The fourth-order valence-electron chi connectivity index (χ4n) is 2.17. The van der Waals surface area contributed by atoms with E-state index in [1.165, 1.54) is 16.4 Å². The monoisotopic (exact) mass is 260 g/mol. The van der Waals surface area contributed by atoms with Crippen LogP contribution < -0.4 is 0 Å². The Kier molecular flexibility index (Phi) is 3.80. The van der Waals surface area contributed by atoms with Crippen LogP contribution in [-0.4, -0.2) is 5.92 Å². The molecule has 1 saturated carbocycles. The molecule has 1 aromatic rings. The van der Waals surface area contributed by atoms with Gasteiger partial charge in [0.05, 0.1) is 0 Å². The number of hydrogen-bond acceptors (Lipinski definition) is 2. The first-order valence-electron chi connectivity index (χ1n) is 5.40. The van der Waals surface area contributed by atoms with E-state index in [-0.39, 0.29) is 12.8 Å². The first-order chi connectivity index (χ1) is 7.61. The van der Waals surface area contributed by atoms with Crippen LogP contribution in [-0.2, 0) is 0 Å². The maximum absolute atomic E-state index is 13.0.